The molecule has 3 N–H and O–H groups in total. The van der Waals surface area contributed by atoms with Crippen LogP contribution in [-0.2, 0) is 10.0 Å². The number of rotatable bonds is 2. The maximum absolute atomic E-state index is 11.1. The molecule has 0 aliphatic heterocycles. The van der Waals surface area contributed by atoms with E-state index in [1.54, 1.807) is 22.6 Å². The molecule has 0 spiro atoms. The fraction of sp³-hybridized carbons (Fsp3) is 0. The summed E-state index contributed by atoms with van der Waals surface area (Å²) in [6.07, 6.45) is 0. The van der Waals surface area contributed by atoms with Crippen LogP contribution in [0.15, 0.2) is 21.5 Å². The lowest BCUT2D eigenvalue weighted by molar-refractivity contribution is 0.0696. The van der Waals surface area contributed by atoms with E-state index in [1.165, 1.54) is 6.07 Å². The zero-order valence-corrected chi connectivity index (χ0v) is 11.6. The van der Waals surface area contributed by atoms with Gasteiger partial charge in [0.25, 0.3) is 0 Å². The number of hydrogen-bond acceptors (Lipinski definition) is 3. The largest absolute Gasteiger partial charge is 0.478 e. The molecule has 5 nitrogen and oxygen atoms in total. The minimum Gasteiger partial charge on any atom is -0.478 e. The van der Waals surface area contributed by atoms with Crippen molar-refractivity contribution in [2.75, 3.05) is 0 Å². The van der Waals surface area contributed by atoms with Gasteiger partial charge in [0.1, 0.15) is 0 Å². The number of hydrogen-bond donors (Lipinski definition) is 2. The lowest BCUT2D eigenvalue weighted by Gasteiger charge is -2.05. The average molecular weight is 406 g/mol. The minimum absolute atomic E-state index is 0.133. The summed E-state index contributed by atoms with van der Waals surface area (Å²) in [6.45, 7) is 0. The molecule has 0 atom stereocenters. The van der Waals surface area contributed by atoms with Crippen molar-refractivity contribution in [2.24, 2.45) is 5.14 Å². The van der Waals surface area contributed by atoms with Crippen LogP contribution >= 0.6 is 38.5 Å². The van der Waals surface area contributed by atoms with Crippen molar-refractivity contribution < 1.29 is 18.3 Å². The number of nitrogens with two attached hydrogens (primary N) is 1. The summed E-state index contributed by atoms with van der Waals surface area (Å²) in [7, 11) is -3.91. The molecular formula is C7H5BrINO4S. The van der Waals surface area contributed by atoms with E-state index in [9.17, 15) is 13.2 Å². The van der Waals surface area contributed by atoms with Crippen molar-refractivity contribution in [1.82, 2.24) is 0 Å². The number of benzene rings is 1. The molecule has 0 radical (unpaired) electrons. The Hall–Kier alpha value is -0.190. The van der Waals surface area contributed by atoms with Gasteiger partial charge in [0.05, 0.1) is 10.5 Å². The van der Waals surface area contributed by atoms with Gasteiger partial charge in [-0.15, -0.1) is 0 Å². The fourth-order valence-corrected chi connectivity index (χ4v) is 3.37. The van der Waals surface area contributed by atoms with Crippen LogP contribution in [0.4, 0.5) is 0 Å². The smallest absolute Gasteiger partial charge is 0.335 e. The number of aromatic carboxylic acids is 1. The van der Waals surface area contributed by atoms with E-state index in [0.717, 1.165) is 6.07 Å². The van der Waals surface area contributed by atoms with Crippen LogP contribution in [-0.4, -0.2) is 19.5 Å². The first-order valence-electron chi connectivity index (χ1n) is 3.48. The molecule has 0 bridgehead atoms. The van der Waals surface area contributed by atoms with Crippen molar-refractivity contribution >= 4 is 54.5 Å². The van der Waals surface area contributed by atoms with Crippen LogP contribution < -0.4 is 5.14 Å². The van der Waals surface area contributed by atoms with Crippen LogP contribution in [0.3, 0.4) is 0 Å². The third kappa shape index (κ3) is 2.89. The fourth-order valence-electron chi connectivity index (χ4n) is 0.894. The first-order valence-corrected chi connectivity index (χ1v) is 6.90. The SMILES string of the molecule is NS(=O)(=O)c1cc(C(=O)O)cc(Br)c1I. The Kier molecular flexibility index (Phi) is 3.74. The Labute approximate surface area is 108 Å². The molecular weight excluding hydrogens is 401 g/mol. The third-order valence-electron chi connectivity index (χ3n) is 1.55. The normalized spacial score (nSPS) is 11.4. The first-order chi connectivity index (χ1) is 6.73. The van der Waals surface area contributed by atoms with Crippen LogP contribution in [0.5, 0.6) is 0 Å². The Morgan fingerprint density at radius 1 is 1.47 bits per heavy atom. The highest BCUT2D eigenvalue weighted by atomic mass is 127. The quantitative estimate of drug-likeness (QED) is 0.726. The topological polar surface area (TPSA) is 97.5 Å². The molecule has 0 saturated carbocycles. The summed E-state index contributed by atoms with van der Waals surface area (Å²) in [4.78, 5) is 10.5. The van der Waals surface area contributed by atoms with Gasteiger partial charge >= 0.3 is 5.97 Å². The van der Waals surface area contributed by atoms with Crippen LogP contribution in [0.25, 0.3) is 0 Å². The maximum Gasteiger partial charge on any atom is 0.335 e. The van der Waals surface area contributed by atoms with Gasteiger partial charge in [0.2, 0.25) is 10.0 Å². The van der Waals surface area contributed by atoms with Gasteiger partial charge < -0.3 is 5.11 Å². The molecule has 0 aliphatic rings. The summed E-state index contributed by atoms with van der Waals surface area (Å²) in [5, 5.41) is 13.7. The number of carboxylic acid groups (broad SMARTS) is 1. The number of carbonyl (C=O) groups is 1. The van der Waals surface area contributed by atoms with Gasteiger partial charge in [-0.2, -0.15) is 0 Å². The highest BCUT2D eigenvalue weighted by Gasteiger charge is 2.18. The number of primary sulfonamides is 1. The molecule has 1 rings (SSSR count). The van der Waals surface area contributed by atoms with E-state index in [4.69, 9.17) is 10.2 Å². The molecule has 0 aromatic heterocycles. The van der Waals surface area contributed by atoms with Crippen molar-refractivity contribution in [3.05, 3.63) is 25.7 Å². The molecule has 0 fully saturated rings. The zero-order valence-electron chi connectivity index (χ0n) is 7.07. The van der Waals surface area contributed by atoms with Gasteiger partial charge in [0, 0.05) is 8.04 Å². The molecule has 0 aliphatic carbocycles. The predicted octanol–water partition coefficient (Wildman–Crippen LogP) is 1.40. The second kappa shape index (κ2) is 4.36. The standard InChI is InChI=1S/C7H5BrINO4S/c8-4-1-3(7(11)12)2-5(6(4)9)15(10,13)14/h1-2H,(H,11,12)(H2,10,13,14). The monoisotopic (exact) mass is 405 g/mol. The molecule has 15 heavy (non-hydrogen) atoms. The van der Waals surface area contributed by atoms with Crippen molar-refractivity contribution in [3.8, 4) is 0 Å². The molecule has 8 heteroatoms. The number of carboxylic acids is 1. The second-order valence-electron chi connectivity index (χ2n) is 2.62. The Balaban J connectivity index is 3.59. The van der Waals surface area contributed by atoms with Gasteiger partial charge in [-0.1, -0.05) is 0 Å². The molecule has 0 amide bonds. The van der Waals surface area contributed by atoms with Gasteiger partial charge in [0.15, 0.2) is 0 Å². The van der Waals surface area contributed by atoms with Gasteiger partial charge in [-0.05, 0) is 50.7 Å². The number of halogens is 2. The highest BCUT2D eigenvalue weighted by molar-refractivity contribution is 14.1. The lowest BCUT2D eigenvalue weighted by atomic mass is 10.2. The van der Waals surface area contributed by atoms with Crippen LogP contribution in [0, 0.1) is 3.57 Å². The Morgan fingerprint density at radius 3 is 2.40 bits per heavy atom. The molecule has 1 aromatic rings. The third-order valence-corrected chi connectivity index (χ3v) is 5.38. The summed E-state index contributed by atoms with van der Waals surface area (Å²) in [5.74, 6) is -1.21. The predicted molar refractivity (Wildman–Crippen MR) is 65.2 cm³/mol. The van der Waals surface area contributed by atoms with E-state index in [0.29, 0.717) is 8.04 Å². The van der Waals surface area contributed by atoms with Crippen LogP contribution in [0.1, 0.15) is 10.4 Å². The van der Waals surface area contributed by atoms with E-state index in [-0.39, 0.29) is 10.5 Å². The van der Waals surface area contributed by atoms with E-state index in [1.807, 2.05) is 0 Å². The summed E-state index contributed by atoms with van der Waals surface area (Å²) < 4.78 is 23.0. The molecule has 1 aromatic carbocycles. The van der Waals surface area contributed by atoms with Gasteiger partial charge in [-0.3, -0.25) is 0 Å². The summed E-state index contributed by atoms with van der Waals surface area (Å²) >= 11 is 4.84. The maximum atomic E-state index is 11.1. The molecule has 0 unspecified atom stereocenters. The van der Waals surface area contributed by atoms with Crippen LogP contribution in [0.2, 0.25) is 0 Å². The van der Waals surface area contributed by atoms with E-state index < -0.39 is 16.0 Å². The van der Waals surface area contributed by atoms with Crippen molar-refractivity contribution in [3.63, 3.8) is 0 Å². The van der Waals surface area contributed by atoms with Crippen molar-refractivity contribution in [2.45, 2.75) is 4.90 Å². The minimum atomic E-state index is -3.91. The van der Waals surface area contributed by atoms with Crippen molar-refractivity contribution in [1.29, 1.82) is 0 Å². The highest BCUT2D eigenvalue weighted by Crippen LogP contribution is 2.27. The summed E-state index contributed by atoms with van der Waals surface area (Å²) in [6, 6.07) is 2.35. The molecule has 0 saturated heterocycles. The second-order valence-corrected chi connectivity index (χ2v) is 6.08. The summed E-state index contributed by atoms with van der Waals surface area (Å²) in [5.41, 5.74) is -0.133. The zero-order chi connectivity index (χ0) is 11.8. The Morgan fingerprint density at radius 2 is 2.00 bits per heavy atom. The lowest BCUT2D eigenvalue weighted by Crippen LogP contribution is -2.15. The average Bonchev–Trinajstić information content (AvgIpc) is 2.06. The van der Waals surface area contributed by atoms with E-state index in [2.05, 4.69) is 15.9 Å². The first kappa shape index (κ1) is 12.9. The van der Waals surface area contributed by atoms with E-state index >= 15 is 0 Å². The Bertz CT molecular complexity index is 528. The number of sulfonamides is 1. The molecule has 82 valence electrons. The van der Waals surface area contributed by atoms with Gasteiger partial charge in [-0.25, -0.2) is 18.4 Å². The molecule has 0 heterocycles.